The smallest absolute Gasteiger partial charge is 0.235 e. The number of aliphatic imine (C=N–C) groups is 1. The lowest BCUT2D eigenvalue weighted by Crippen LogP contribution is -2.18. The Morgan fingerprint density at radius 2 is 2.00 bits per heavy atom. The number of benzene rings is 1. The molecule has 0 spiro atoms. The van der Waals surface area contributed by atoms with Crippen LogP contribution in [0.4, 0.5) is 17.1 Å². The molecule has 0 radical (unpaired) electrons. The molecule has 0 aromatic heterocycles. The van der Waals surface area contributed by atoms with Crippen molar-refractivity contribution < 1.29 is 8.42 Å². The minimum absolute atomic E-state index is 0.0361. The average Bonchev–Trinajstić information content (AvgIpc) is 3.28. The van der Waals surface area contributed by atoms with Gasteiger partial charge >= 0.3 is 0 Å². The minimum atomic E-state index is -3.25. The van der Waals surface area contributed by atoms with E-state index >= 15 is 0 Å². The number of hydrogen-bond donors (Lipinski definition) is 1. The van der Waals surface area contributed by atoms with Gasteiger partial charge in [-0.2, -0.15) is 0 Å². The van der Waals surface area contributed by atoms with Crippen LogP contribution in [0.3, 0.4) is 0 Å². The number of nitrogens with zero attached hydrogens (tertiary/aromatic N) is 2. The Bertz CT molecular complexity index is 686. The summed E-state index contributed by atoms with van der Waals surface area (Å²) >= 11 is 0. The van der Waals surface area contributed by atoms with Gasteiger partial charge in [-0.1, -0.05) is 20.8 Å². The molecule has 1 saturated carbocycles. The van der Waals surface area contributed by atoms with Crippen molar-refractivity contribution in [1.29, 1.82) is 0 Å². The first-order valence-corrected chi connectivity index (χ1v) is 9.59. The Morgan fingerprint density at radius 1 is 1.35 bits per heavy atom. The van der Waals surface area contributed by atoms with Crippen molar-refractivity contribution in [3.8, 4) is 0 Å². The molecule has 0 saturated heterocycles. The molecule has 6 heteroatoms. The number of nitrogens with one attached hydrogen (secondary N) is 1. The van der Waals surface area contributed by atoms with E-state index in [9.17, 15) is 8.42 Å². The maximum Gasteiger partial charge on any atom is 0.235 e. The van der Waals surface area contributed by atoms with E-state index in [1.807, 2.05) is 25.4 Å². The molecule has 1 N–H and O–H groups in total. The van der Waals surface area contributed by atoms with Crippen LogP contribution < -0.4 is 9.62 Å². The number of rotatable bonds is 6. The highest BCUT2D eigenvalue weighted by molar-refractivity contribution is 7.93. The zero-order valence-corrected chi connectivity index (χ0v) is 15.4. The van der Waals surface area contributed by atoms with Crippen molar-refractivity contribution >= 4 is 33.3 Å². The van der Waals surface area contributed by atoms with Crippen LogP contribution in [0.15, 0.2) is 23.2 Å². The summed E-state index contributed by atoms with van der Waals surface area (Å²) in [5.41, 5.74) is 2.31. The fourth-order valence-electron chi connectivity index (χ4n) is 2.07. The van der Waals surface area contributed by atoms with Crippen molar-refractivity contribution in [2.24, 2.45) is 10.4 Å². The topological polar surface area (TPSA) is 61.8 Å². The standard InChI is InChI=1S/C17H27N3O2S/c1-6-20(5)16-10-7-13(19-23(21,22)14-8-9-14)11-15(16)18-12-17(2,3)4/h7,10-12,14,19H,6,8-9H2,1-5H3. The average molecular weight is 337 g/mol. The summed E-state index contributed by atoms with van der Waals surface area (Å²) in [6.45, 7) is 9.17. The zero-order chi connectivity index (χ0) is 17.3. The quantitative estimate of drug-likeness (QED) is 0.803. The maximum atomic E-state index is 12.1. The van der Waals surface area contributed by atoms with E-state index in [1.54, 1.807) is 6.07 Å². The molecular formula is C17H27N3O2S. The van der Waals surface area contributed by atoms with E-state index in [2.05, 4.69) is 42.3 Å². The van der Waals surface area contributed by atoms with E-state index in [0.29, 0.717) is 5.69 Å². The molecule has 0 amide bonds. The summed E-state index contributed by atoms with van der Waals surface area (Å²) in [7, 11) is -1.25. The van der Waals surface area contributed by atoms with Gasteiger partial charge in [0, 0.05) is 19.8 Å². The van der Waals surface area contributed by atoms with Crippen molar-refractivity contribution in [1.82, 2.24) is 0 Å². The molecule has 23 heavy (non-hydrogen) atoms. The van der Waals surface area contributed by atoms with Gasteiger partial charge in [-0.15, -0.1) is 0 Å². The van der Waals surface area contributed by atoms with Crippen LogP contribution in [-0.2, 0) is 10.0 Å². The van der Waals surface area contributed by atoms with Crippen molar-refractivity contribution in [2.75, 3.05) is 23.2 Å². The normalized spacial score (nSPS) is 15.9. The predicted molar refractivity (Wildman–Crippen MR) is 98.6 cm³/mol. The van der Waals surface area contributed by atoms with Crippen LogP contribution in [0, 0.1) is 5.41 Å². The fourth-order valence-corrected chi connectivity index (χ4v) is 3.45. The molecule has 0 aliphatic heterocycles. The highest BCUT2D eigenvalue weighted by atomic mass is 32.2. The first-order chi connectivity index (χ1) is 10.6. The van der Waals surface area contributed by atoms with Crippen LogP contribution >= 0.6 is 0 Å². The second-order valence-electron chi connectivity index (χ2n) is 7.19. The van der Waals surface area contributed by atoms with Gasteiger partial charge in [0.15, 0.2) is 0 Å². The van der Waals surface area contributed by atoms with E-state index in [4.69, 9.17) is 0 Å². The lowest BCUT2D eigenvalue weighted by Gasteiger charge is -2.20. The lowest BCUT2D eigenvalue weighted by atomic mass is 9.99. The highest BCUT2D eigenvalue weighted by Crippen LogP contribution is 2.34. The van der Waals surface area contributed by atoms with Gasteiger partial charge in [0.1, 0.15) is 0 Å². The molecular weight excluding hydrogens is 310 g/mol. The Morgan fingerprint density at radius 3 is 2.52 bits per heavy atom. The van der Waals surface area contributed by atoms with Gasteiger partial charge in [-0.05, 0) is 43.4 Å². The largest absolute Gasteiger partial charge is 0.373 e. The van der Waals surface area contributed by atoms with Crippen LogP contribution in [0.2, 0.25) is 0 Å². The summed E-state index contributed by atoms with van der Waals surface area (Å²) < 4.78 is 26.9. The molecule has 1 aliphatic rings. The summed E-state index contributed by atoms with van der Waals surface area (Å²) in [6, 6.07) is 5.53. The van der Waals surface area contributed by atoms with Crippen molar-refractivity contribution in [3.63, 3.8) is 0 Å². The molecule has 128 valence electrons. The van der Waals surface area contributed by atoms with Crippen LogP contribution in [0.1, 0.15) is 40.5 Å². The van der Waals surface area contributed by atoms with Gasteiger partial charge in [-0.3, -0.25) is 9.71 Å². The first kappa shape index (κ1) is 17.8. The maximum absolute atomic E-state index is 12.1. The van der Waals surface area contributed by atoms with Crippen molar-refractivity contribution in [3.05, 3.63) is 18.2 Å². The summed E-state index contributed by atoms with van der Waals surface area (Å²) in [5.74, 6) is 0. The van der Waals surface area contributed by atoms with E-state index in [1.165, 1.54) is 0 Å². The molecule has 1 fully saturated rings. The minimum Gasteiger partial charge on any atom is -0.373 e. The Hall–Kier alpha value is -1.56. The number of anilines is 2. The lowest BCUT2D eigenvalue weighted by molar-refractivity contribution is 0.600. The third kappa shape index (κ3) is 4.96. The van der Waals surface area contributed by atoms with Gasteiger partial charge < -0.3 is 4.90 Å². The zero-order valence-electron chi connectivity index (χ0n) is 14.6. The van der Waals surface area contributed by atoms with Crippen LogP contribution in [0.5, 0.6) is 0 Å². The summed E-state index contributed by atoms with van der Waals surface area (Å²) in [4.78, 5) is 6.69. The number of sulfonamides is 1. The molecule has 0 atom stereocenters. The first-order valence-electron chi connectivity index (χ1n) is 8.04. The third-order valence-corrected chi connectivity index (χ3v) is 5.54. The third-order valence-electron chi connectivity index (χ3n) is 3.68. The Labute approximate surface area is 139 Å². The van der Waals surface area contributed by atoms with E-state index in [-0.39, 0.29) is 10.7 Å². The van der Waals surface area contributed by atoms with Gasteiger partial charge in [0.25, 0.3) is 0 Å². The summed E-state index contributed by atoms with van der Waals surface area (Å²) in [5, 5.41) is -0.234. The molecule has 5 nitrogen and oxygen atoms in total. The predicted octanol–water partition coefficient (Wildman–Crippen LogP) is 3.80. The Balaban J connectivity index is 2.34. The second kappa shape index (κ2) is 6.51. The van der Waals surface area contributed by atoms with E-state index in [0.717, 1.165) is 30.8 Å². The molecule has 0 heterocycles. The fraction of sp³-hybridized carbons (Fsp3) is 0.588. The molecule has 0 unspecified atom stereocenters. The Kier molecular flexibility index (Phi) is 5.04. The van der Waals surface area contributed by atoms with Crippen LogP contribution in [-0.4, -0.2) is 33.5 Å². The van der Waals surface area contributed by atoms with Crippen LogP contribution in [0.25, 0.3) is 0 Å². The van der Waals surface area contributed by atoms with Gasteiger partial charge in [0.05, 0.1) is 22.3 Å². The number of hydrogen-bond acceptors (Lipinski definition) is 4. The summed E-state index contributed by atoms with van der Waals surface area (Å²) in [6.07, 6.45) is 3.40. The molecule has 0 bridgehead atoms. The van der Waals surface area contributed by atoms with Crippen molar-refractivity contribution in [2.45, 2.75) is 45.8 Å². The van der Waals surface area contributed by atoms with Gasteiger partial charge in [0.2, 0.25) is 10.0 Å². The SMILES string of the molecule is CCN(C)c1ccc(NS(=O)(=O)C2CC2)cc1N=CC(C)(C)C. The molecule has 1 aromatic rings. The monoisotopic (exact) mass is 337 g/mol. The van der Waals surface area contributed by atoms with E-state index < -0.39 is 10.0 Å². The molecule has 2 rings (SSSR count). The molecule has 1 aromatic carbocycles. The molecule has 1 aliphatic carbocycles. The highest BCUT2D eigenvalue weighted by Gasteiger charge is 2.35. The second-order valence-corrected chi connectivity index (χ2v) is 9.15. The van der Waals surface area contributed by atoms with Gasteiger partial charge in [-0.25, -0.2) is 8.42 Å².